The van der Waals surface area contributed by atoms with Gasteiger partial charge in [0.2, 0.25) is 0 Å². The summed E-state index contributed by atoms with van der Waals surface area (Å²) in [7, 11) is -3.76. The van der Waals surface area contributed by atoms with Crippen molar-refractivity contribution in [2.75, 3.05) is 4.72 Å². The molecule has 0 spiro atoms. The fourth-order valence-corrected chi connectivity index (χ4v) is 4.29. The lowest BCUT2D eigenvalue weighted by Gasteiger charge is -2.04. The summed E-state index contributed by atoms with van der Waals surface area (Å²) >= 11 is 0.948. The van der Waals surface area contributed by atoms with Gasteiger partial charge < -0.3 is 0 Å². The van der Waals surface area contributed by atoms with Gasteiger partial charge in [-0.15, -0.1) is 0 Å². The first kappa shape index (κ1) is 18.7. The summed E-state index contributed by atoms with van der Waals surface area (Å²) in [6.45, 7) is 1.63. The molecule has 3 aromatic rings. The molecule has 2 aromatic carbocycles. The Labute approximate surface area is 160 Å². The van der Waals surface area contributed by atoms with Crippen LogP contribution in [0.15, 0.2) is 70.7 Å². The summed E-state index contributed by atoms with van der Waals surface area (Å²) in [5, 5.41) is 4.03. The van der Waals surface area contributed by atoms with Crippen molar-refractivity contribution < 1.29 is 13.2 Å². The van der Waals surface area contributed by atoms with Gasteiger partial charge in [0, 0.05) is 0 Å². The molecule has 0 fully saturated rings. The Morgan fingerprint density at radius 1 is 1.07 bits per heavy atom. The molecular weight excluding hydrogens is 384 g/mol. The first-order chi connectivity index (χ1) is 13.0. The number of sulfonamides is 1. The van der Waals surface area contributed by atoms with E-state index in [0.717, 1.165) is 16.9 Å². The number of carbonyl (C=O) groups is 1. The molecule has 0 unspecified atom stereocenters. The van der Waals surface area contributed by atoms with Crippen LogP contribution in [-0.2, 0) is 10.0 Å². The predicted molar refractivity (Wildman–Crippen MR) is 106 cm³/mol. The normalized spacial score (nSPS) is 11.4. The van der Waals surface area contributed by atoms with Gasteiger partial charge >= 0.3 is 0 Å². The Bertz CT molecular complexity index is 1060. The minimum absolute atomic E-state index is 0.119. The lowest BCUT2D eigenvalue weighted by molar-refractivity contribution is 0.0958. The summed E-state index contributed by atoms with van der Waals surface area (Å²) in [6, 6.07) is 17.3. The fraction of sp³-hybridized carbons (Fsp3) is 0.0556. The number of anilines is 1. The van der Waals surface area contributed by atoms with Crippen LogP contribution < -0.4 is 10.1 Å². The fourth-order valence-electron chi connectivity index (χ4n) is 2.18. The molecule has 0 aliphatic heterocycles. The van der Waals surface area contributed by atoms with E-state index in [4.69, 9.17) is 0 Å². The number of hydrazone groups is 1. The lowest BCUT2D eigenvalue weighted by atomic mass is 10.2. The highest BCUT2D eigenvalue weighted by Crippen LogP contribution is 2.25. The topological polar surface area (TPSA) is 101 Å². The van der Waals surface area contributed by atoms with Gasteiger partial charge in [0.25, 0.3) is 15.9 Å². The van der Waals surface area contributed by atoms with Crippen molar-refractivity contribution in [2.45, 2.75) is 11.8 Å². The van der Waals surface area contributed by atoms with Crippen LogP contribution in [0.1, 0.15) is 20.9 Å². The molecule has 7 nitrogen and oxygen atoms in total. The molecule has 27 heavy (non-hydrogen) atoms. The number of aryl methyl sites for hydroxylation is 1. The van der Waals surface area contributed by atoms with Crippen LogP contribution in [0.3, 0.4) is 0 Å². The molecule has 0 saturated carbocycles. The second-order valence-corrected chi connectivity index (χ2v) is 8.14. The third kappa shape index (κ3) is 4.78. The molecule has 3 rings (SSSR count). The van der Waals surface area contributed by atoms with Gasteiger partial charge in [0.05, 0.1) is 16.8 Å². The van der Waals surface area contributed by atoms with Crippen molar-refractivity contribution in [3.8, 4) is 0 Å². The quantitative estimate of drug-likeness (QED) is 0.491. The molecule has 0 saturated heterocycles. The van der Waals surface area contributed by atoms with E-state index >= 15 is 0 Å². The molecular formula is C18H16N4O3S2. The van der Waals surface area contributed by atoms with E-state index in [1.165, 1.54) is 18.3 Å². The number of hydrogen-bond acceptors (Lipinski definition) is 6. The van der Waals surface area contributed by atoms with Crippen LogP contribution in [0.25, 0.3) is 0 Å². The Morgan fingerprint density at radius 3 is 2.37 bits per heavy atom. The minimum Gasteiger partial charge on any atom is -0.266 e. The minimum atomic E-state index is -3.76. The van der Waals surface area contributed by atoms with E-state index < -0.39 is 15.9 Å². The largest absolute Gasteiger partial charge is 0.283 e. The highest BCUT2D eigenvalue weighted by atomic mass is 32.2. The number of aromatic nitrogens is 1. The van der Waals surface area contributed by atoms with E-state index in [1.54, 1.807) is 25.1 Å². The lowest BCUT2D eigenvalue weighted by Crippen LogP contribution is -2.17. The number of amides is 1. The number of carbonyl (C=O) groups excluding carboxylic acids is 1. The van der Waals surface area contributed by atoms with E-state index in [2.05, 4.69) is 20.2 Å². The Balaban J connectivity index is 1.70. The summed E-state index contributed by atoms with van der Waals surface area (Å²) in [5.41, 5.74) is 3.68. The standard InChI is InChI=1S/C18H16N4O3S2/c1-13-16(17(23)21-19-12-14-8-4-2-5-9-14)26-18(20-13)22-27(24,25)15-10-6-3-7-11-15/h2-12H,1H3,(H,20,22)(H,21,23)/b19-12+. The molecule has 1 aromatic heterocycles. The average molecular weight is 400 g/mol. The number of rotatable bonds is 6. The molecule has 0 aliphatic carbocycles. The second-order valence-electron chi connectivity index (χ2n) is 5.46. The Morgan fingerprint density at radius 2 is 1.70 bits per heavy atom. The van der Waals surface area contributed by atoms with Gasteiger partial charge in [-0.2, -0.15) is 5.10 Å². The average Bonchev–Trinajstić information content (AvgIpc) is 3.03. The van der Waals surface area contributed by atoms with Crippen LogP contribution in [0.2, 0.25) is 0 Å². The first-order valence-electron chi connectivity index (χ1n) is 7.89. The predicted octanol–water partition coefficient (Wildman–Crippen LogP) is 3.02. The third-order valence-corrected chi connectivity index (χ3v) is 6.01. The van der Waals surface area contributed by atoms with Gasteiger partial charge in [0.15, 0.2) is 5.13 Å². The van der Waals surface area contributed by atoms with E-state index in [9.17, 15) is 13.2 Å². The van der Waals surface area contributed by atoms with Crippen molar-refractivity contribution in [1.29, 1.82) is 0 Å². The van der Waals surface area contributed by atoms with Crippen LogP contribution in [0, 0.1) is 6.92 Å². The molecule has 2 N–H and O–H groups in total. The van der Waals surface area contributed by atoms with Crippen molar-refractivity contribution in [3.05, 3.63) is 76.8 Å². The highest BCUT2D eigenvalue weighted by molar-refractivity contribution is 7.93. The van der Waals surface area contributed by atoms with Gasteiger partial charge in [0.1, 0.15) is 4.88 Å². The maximum absolute atomic E-state index is 12.4. The number of benzene rings is 2. The van der Waals surface area contributed by atoms with Crippen molar-refractivity contribution in [2.24, 2.45) is 5.10 Å². The maximum Gasteiger partial charge on any atom is 0.283 e. The van der Waals surface area contributed by atoms with Gasteiger partial charge in [-0.25, -0.2) is 18.8 Å². The molecule has 1 amide bonds. The summed E-state index contributed by atoms with van der Waals surface area (Å²) in [4.78, 5) is 16.8. The Kier molecular flexibility index (Phi) is 5.63. The molecule has 138 valence electrons. The second kappa shape index (κ2) is 8.11. The molecule has 0 radical (unpaired) electrons. The first-order valence-corrected chi connectivity index (χ1v) is 10.2. The summed E-state index contributed by atoms with van der Waals surface area (Å²) < 4.78 is 27.1. The summed E-state index contributed by atoms with van der Waals surface area (Å²) in [6.07, 6.45) is 1.52. The molecule has 0 atom stereocenters. The smallest absolute Gasteiger partial charge is 0.266 e. The number of hydrogen-bond donors (Lipinski definition) is 2. The van der Waals surface area contributed by atoms with E-state index in [0.29, 0.717) is 5.69 Å². The molecule has 0 bridgehead atoms. The zero-order valence-corrected chi connectivity index (χ0v) is 15.9. The van der Waals surface area contributed by atoms with Crippen LogP contribution in [0.5, 0.6) is 0 Å². The zero-order valence-electron chi connectivity index (χ0n) is 14.3. The van der Waals surface area contributed by atoms with Crippen molar-refractivity contribution in [3.63, 3.8) is 0 Å². The maximum atomic E-state index is 12.4. The molecule has 9 heteroatoms. The molecule has 1 heterocycles. The van der Waals surface area contributed by atoms with Crippen LogP contribution in [0.4, 0.5) is 5.13 Å². The molecule has 0 aliphatic rings. The van der Waals surface area contributed by atoms with Gasteiger partial charge in [-0.3, -0.25) is 9.52 Å². The number of thiazole rings is 1. The van der Waals surface area contributed by atoms with Gasteiger partial charge in [-0.1, -0.05) is 59.9 Å². The van der Waals surface area contributed by atoms with Gasteiger partial charge in [-0.05, 0) is 24.6 Å². The number of nitrogens with zero attached hydrogens (tertiary/aromatic N) is 2. The highest BCUT2D eigenvalue weighted by Gasteiger charge is 2.19. The summed E-state index contributed by atoms with van der Waals surface area (Å²) in [5.74, 6) is -0.456. The van der Waals surface area contributed by atoms with E-state index in [1.807, 2.05) is 30.3 Å². The third-order valence-electron chi connectivity index (χ3n) is 3.46. The van der Waals surface area contributed by atoms with Crippen LogP contribution in [-0.4, -0.2) is 25.5 Å². The van der Waals surface area contributed by atoms with Crippen molar-refractivity contribution in [1.82, 2.24) is 10.4 Å². The van der Waals surface area contributed by atoms with Crippen LogP contribution >= 0.6 is 11.3 Å². The zero-order chi connectivity index (χ0) is 19.3. The monoisotopic (exact) mass is 400 g/mol. The van der Waals surface area contributed by atoms with E-state index in [-0.39, 0.29) is 14.9 Å². The Hall–Kier alpha value is -3.04. The van der Waals surface area contributed by atoms with Crippen molar-refractivity contribution >= 4 is 38.6 Å². The number of nitrogens with one attached hydrogen (secondary N) is 2. The SMILES string of the molecule is Cc1nc(NS(=O)(=O)c2ccccc2)sc1C(=O)N/N=C/c1ccccc1.